The number of H-pyrrole nitrogens is 1. The second kappa shape index (κ2) is 6.47. The summed E-state index contributed by atoms with van der Waals surface area (Å²) in [7, 11) is 0. The zero-order valence-electron chi connectivity index (χ0n) is 11.5. The number of carbonyl (C=O) groups is 2. The third-order valence-corrected chi connectivity index (χ3v) is 3.71. The van der Waals surface area contributed by atoms with Crippen LogP contribution in [0.15, 0.2) is 23.6 Å². The summed E-state index contributed by atoms with van der Waals surface area (Å²) in [4.78, 5) is 24.5. The van der Waals surface area contributed by atoms with E-state index in [0.29, 0.717) is 12.1 Å². The lowest BCUT2D eigenvalue weighted by Gasteiger charge is -2.12. The van der Waals surface area contributed by atoms with E-state index in [1.54, 1.807) is 6.07 Å². The van der Waals surface area contributed by atoms with Gasteiger partial charge in [-0.3, -0.25) is 14.7 Å². The molecule has 0 bridgehead atoms. The van der Waals surface area contributed by atoms with Crippen molar-refractivity contribution >= 4 is 23.0 Å². The Bertz CT molecular complexity index is 589. The lowest BCUT2D eigenvalue weighted by atomic mass is 10.1. The summed E-state index contributed by atoms with van der Waals surface area (Å²) in [6.07, 6.45) is 0.535. The van der Waals surface area contributed by atoms with Crippen molar-refractivity contribution in [3.05, 3.63) is 39.8 Å². The van der Waals surface area contributed by atoms with E-state index in [1.807, 2.05) is 31.4 Å². The maximum Gasteiger partial charge on any atom is 0.226 e. The predicted molar refractivity (Wildman–Crippen MR) is 77.9 cm³/mol. The fraction of sp³-hybridized carbons (Fsp3) is 0.357. The second-order valence-corrected chi connectivity index (χ2v) is 5.74. The lowest BCUT2D eigenvalue weighted by molar-refractivity contribution is -0.121. The minimum atomic E-state index is -0.183. The Kier molecular flexibility index (Phi) is 4.68. The number of hydrogen-bond donors (Lipinski definition) is 2. The number of nitrogens with one attached hydrogen (secondary N) is 2. The summed E-state index contributed by atoms with van der Waals surface area (Å²) in [6.45, 7) is 3.72. The van der Waals surface area contributed by atoms with Crippen LogP contribution in [0, 0.1) is 6.92 Å². The number of rotatable bonds is 6. The van der Waals surface area contributed by atoms with Gasteiger partial charge in [0.15, 0.2) is 5.78 Å². The summed E-state index contributed by atoms with van der Waals surface area (Å²) in [5.41, 5.74) is 1.63. The number of aromatic nitrogens is 2. The first-order valence-electron chi connectivity index (χ1n) is 6.41. The molecule has 6 heteroatoms. The molecule has 2 rings (SSSR count). The fourth-order valence-electron chi connectivity index (χ4n) is 1.92. The molecule has 0 aliphatic rings. The molecule has 0 radical (unpaired) electrons. The summed E-state index contributed by atoms with van der Waals surface area (Å²) in [5, 5.41) is 11.5. The highest BCUT2D eigenvalue weighted by atomic mass is 32.1. The van der Waals surface area contributed by atoms with Crippen LogP contribution in [0.1, 0.15) is 34.4 Å². The van der Waals surface area contributed by atoms with Gasteiger partial charge in [-0.1, -0.05) is 6.07 Å². The number of Topliss-reactive ketones (excluding diaryl/α,β-unsaturated/α-hetero) is 1. The number of ketones is 1. The Morgan fingerprint density at radius 3 is 2.90 bits per heavy atom. The molecule has 0 saturated carbocycles. The topological polar surface area (TPSA) is 74.8 Å². The molecular formula is C14H17N3O2S. The summed E-state index contributed by atoms with van der Waals surface area (Å²) < 4.78 is 0. The molecule has 2 aromatic heterocycles. The Hall–Kier alpha value is -1.95. The van der Waals surface area contributed by atoms with Gasteiger partial charge in [0.05, 0.1) is 17.0 Å². The van der Waals surface area contributed by atoms with Crippen LogP contribution in [0.5, 0.6) is 0 Å². The van der Waals surface area contributed by atoms with Crippen LogP contribution in [-0.2, 0) is 11.2 Å². The summed E-state index contributed by atoms with van der Waals surface area (Å²) in [5.74, 6) is -0.0635. The quantitative estimate of drug-likeness (QED) is 0.800. The van der Waals surface area contributed by atoms with Gasteiger partial charge in [0.1, 0.15) is 0 Å². The zero-order valence-corrected chi connectivity index (χ0v) is 12.3. The standard InChI is InChI=1S/C14H17N3O2S/c1-9(7-12(18)13-4-3-5-20-13)15-14(19)8-11-6-10(2)16-17-11/h3-6,9H,7-8H2,1-2H3,(H,15,19)(H,16,17). The molecule has 2 heterocycles. The average molecular weight is 291 g/mol. The molecule has 0 spiro atoms. The van der Waals surface area contributed by atoms with E-state index in [0.717, 1.165) is 10.6 Å². The molecule has 5 nitrogen and oxygen atoms in total. The van der Waals surface area contributed by atoms with E-state index in [-0.39, 0.29) is 24.2 Å². The zero-order chi connectivity index (χ0) is 14.5. The summed E-state index contributed by atoms with van der Waals surface area (Å²) in [6, 6.07) is 5.30. The maximum atomic E-state index is 11.9. The van der Waals surface area contributed by atoms with Gasteiger partial charge in [-0.25, -0.2) is 0 Å². The molecule has 20 heavy (non-hydrogen) atoms. The van der Waals surface area contributed by atoms with Crippen molar-refractivity contribution in [3.8, 4) is 0 Å². The van der Waals surface area contributed by atoms with E-state index in [9.17, 15) is 9.59 Å². The number of carbonyl (C=O) groups excluding carboxylic acids is 2. The van der Waals surface area contributed by atoms with Crippen LogP contribution >= 0.6 is 11.3 Å². The van der Waals surface area contributed by atoms with Gasteiger partial charge in [0, 0.05) is 18.2 Å². The lowest BCUT2D eigenvalue weighted by Crippen LogP contribution is -2.35. The van der Waals surface area contributed by atoms with Crippen LogP contribution in [0.2, 0.25) is 0 Å². The van der Waals surface area contributed by atoms with E-state index in [2.05, 4.69) is 15.5 Å². The molecular weight excluding hydrogens is 274 g/mol. The van der Waals surface area contributed by atoms with Crippen LogP contribution in [0.4, 0.5) is 0 Å². The van der Waals surface area contributed by atoms with Crippen molar-refractivity contribution in [2.75, 3.05) is 0 Å². The van der Waals surface area contributed by atoms with E-state index < -0.39 is 0 Å². The molecule has 106 valence electrons. The Morgan fingerprint density at radius 2 is 2.30 bits per heavy atom. The molecule has 0 aliphatic carbocycles. The van der Waals surface area contributed by atoms with Gasteiger partial charge in [-0.2, -0.15) is 5.10 Å². The second-order valence-electron chi connectivity index (χ2n) is 4.79. The molecule has 0 aromatic carbocycles. The number of amides is 1. The highest BCUT2D eigenvalue weighted by Crippen LogP contribution is 2.12. The first-order valence-corrected chi connectivity index (χ1v) is 7.29. The molecule has 1 atom stereocenters. The van der Waals surface area contributed by atoms with Crippen LogP contribution in [-0.4, -0.2) is 27.9 Å². The van der Waals surface area contributed by atoms with E-state index in [4.69, 9.17) is 0 Å². The van der Waals surface area contributed by atoms with Gasteiger partial charge in [-0.15, -0.1) is 11.3 Å². The van der Waals surface area contributed by atoms with Crippen molar-refractivity contribution in [2.24, 2.45) is 0 Å². The van der Waals surface area contributed by atoms with Crippen LogP contribution in [0.25, 0.3) is 0 Å². The van der Waals surface area contributed by atoms with Crippen molar-refractivity contribution in [3.63, 3.8) is 0 Å². The van der Waals surface area contributed by atoms with Crippen LogP contribution < -0.4 is 5.32 Å². The first-order chi connectivity index (χ1) is 9.54. The van der Waals surface area contributed by atoms with Gasteiger partial charge < -0.3 is 5.32 Å². The normalized spacial score (nSPS) is 12.1. The first kappa shape index (κ1) is 14.5. The summed E-state index contributed by atoms with van der Waals surface area (Å²) >= 11 is 1.42. The smallest absolute Gasteiger partial charge is 0.226 e. The molecule has 0 fully saturated rings. The van der Waals surface area contributed by atoms with Gasteiger partial charge >= 0.3 is 0 Å². The molecule has 1 unspecified atom stereocenters. The molecule has 0 saturated heterocycles. The average Bonchev–Trinajstić information content (AvgIpc) is 3.00. The SMILES string of the molecule is Cc1cc(CC(=O)NC(C)CC(=O)c2cccs2)n[nH]1. The fourth-order valence-corrected chi connectivity index (χ4v) is 2.60. The molecule has 2 N–H and O–H groups in total. The third kappa shape index (κ3) is 4.03. The maximum absolute atomic E-state index is 11.9. The number of aryl methyl sites for hydroxylation is 1. The largest absolute Gasteiger partial charge is 0.353 e. The van der Waals surface area contributed by atoms with Crippen molar-refractivity contribution in [1.29, 1.82) is 0 Å². The molecule has 0 aliphatic heterocycles. The van der Waals surface area contributed by atoms with Gasteiger partial charge in [-0.05, 0) is 31.4 Å². The number of nitrogens with zero attached hydrogens (tertiary/aromatic N) is 1. The van der Waals surface area contributed by atoms with Gasteiger partial charge in [0.2, 0.25) is 5.91 Å². The van der Waals surface area contributed by atoms with E-state index >= 15 is 0 Å². The predicted octanol–water partition coefficient (Wildman–Crippen LogP) is 2.10. The van der Waals surface area contributed by atoms with E-state index in [1.165, 1.54) is 11.3 Å². The highest BCUT2D eigenvalue weighted by molar-refractivity contribution is 7.12. The van der Waals surface area contributed by atoms with Crippen molar-refractivity contribution < 1.29 is 9.59 Å². The number of aromatic amines is 1. The third-order valence-electron chi connectivity index (χ3n) is 2.80. The Balaban J connectivity index is 1.80. The highest BCUT2D eigenvalue weighted by Gasteiger charge is 2.15. The monoisotopic (exact) mass is 291 g/mol. The molecule has 2 aromatic rings. The van der Waals surface area contributed by atoms with Crippen molar-refractivity contribution in [1.82, 2.24) is 15.5 Å². The number of hydrogen-bond acceptors (Lipinski definition) is 4. The Labute approximate surface area is 121 Å². The van der Waals surface area contributed by atoms with Crippen LogP contribution in [0.3, 0.4) is 0 Å². The van der Waals surface area contributed by atoms with Crippen molar-refractivity contribution in [2.45, 2.75) is 32.7 Å². The minimum absolute atomic E-state index is 0.0587. The van der Waals surface area contributed by atoms with Gasteiger partial charge in [0.25, 0.3) is 0 Å². The number of thiophene rings is 1. The Morgan fingerprint density at radius 1 is 1.50 bits per heavy atom. The minimum Gasteiger partial charge on any atom is -0.353 e. The molecule has 1 amide bonds.